The van der Waals surface area contributed by atoms with Gasteiger partial charge in [0.05, 0.1) is 23.1 Å². The third-order valence-electron chi connectivity index (χ3n) is 3.74. The zero-order valence-corrected chi connectivity index (χ0v) is 14.0. The van der Waals surface area contributed by atoms with Crippen molar-refractivity contribution in [3.8, 4) is 6.07 Å². The molecule has 1 amide bonds. The van der Waals surface area contributed by atoms with E-state index in [1.54, 1.807) is 24.3 Å². The summed E-state index contributed by atoms with van der Waals surface area (Å²) in [5.41, 5.74) is 0.961. The van der Waals surface area contributed by atoms with Crippen LogP contribution in [0.15, 0.2) is 24.3 Å². The first kappa shape index (κ1) is 17.9. The highest BCUT2D eigenvalue weighted by Crippen LogP contribution is 2.22. The number of nitriles is 1. The van der Waals surface area contributed by atoms with Crippen molar-refractivity contribution in [2.24, 2.45) is 5.92 Å². The average Bonchev–Trinajstić information content (AvgIpc) is 2.86. The number of rotatable bonds is 5. The Balaban J connectivity index is 1.82. The number of ether oxygens (including phenoxy) is 1. The molecule has 0 bridgehead atoms. The van der Waals surface area contributed by atoms with E-state index in [-0.39, 0.29) is 23.8 Å². The van der Waals surface area contributed by atoms with Crippen molar-refractivity contribution in [1.29, 1.82) is 5.26 Å². The molecule has 0 radical (unpaired) electrons. The standard InChI is InChI=1S/C16H18N2O5S/c1-11(16(20)18-14-4-2-12(9-17)3-5-14)23-15(19)8-13-6-7-24(21,22)10-13/h2-5,11,13H,6-8,10H2,1H3,(H,18,20)/t11-,13+/m1/s1. The molecule has 0 spiro atoms. The van der Waals surface area contributed by atoms with Gasteiger partial charge in [0.25, 0.3) is 5.91 Å². The van der Waals surface area contributed by atoms with Gasteiger partial charge in [-0.25, -0.2) is 8.42 Å². The first-order valence-electron chi connectivity index (χ1n) is 7.50. The average molecular weight is 350 g/mol. The van der Waals surface area contributed by atoms with Crippen LogP contribution in [0.2, 0.25) is 0 Å². The Bertz CT molecular complexity index is 765. The molecule has 2 atom stereocenters. The Morgan fingerprint density at radius 3 is 2.58 bits per heavy atom. The molecular formula is C16H18N2O5S. The minimum atomic E-state index is -3.04. The van der Waals surface area contributed by atoms with Gasteiger partial charge in [0.15, 0.2) is 15.9 Å². The van der Waals surface area contributed by atoms with Gasteiger partial charge in [-0.2, -0.15) is 5.26 Å². The lowest BCUT2D eigenvalue weighted by molar-refractivity contribution is -0.153. The van der Waals surface area contributed by atoms with Crippen LogP contribution in [0.3, 0.4) is 0 Å². The van der Waals surface area contributed by atoms with Crippen LogP contribution >= 0.6 is 0 Å². The van der Waals surface area contributed by atoms with Gasteiger partial charge >= 0.3 is 5.97 Å². The van der Waals surface area contributed by atoms with Crippen LogP contribution in [0.1, 0.15) is 25.3 Å². The van der Waals surface area contributed by atoms with Gasteiger partial charge in [-0.1, -0.05) is 0 Å². The minimum Gasteiger partial charge on any atom is -0.453 e. The van der Waals surface area contributed by atoms with Crippen LogP contribution in [0, 0.1) is 17.2 Å². The van der Waals surface area contributed by atoms with E-state index in [1.165, 1.54) is 6.92 Å². The zero-order chi connectivity index (χ0) is 17.7. The number of anilines is 1. The van der Waals surface area contributed by atoms with Gasteiger partial charge in [0.2, 0.25) is 0 Å². The van der Waals surface area contributed by atoms with Crippen LogP contribution in [-0.4, -0.2) is 37.9 Å². The van der Waals surface area contributed by atoms with E-state index in [0.717, 1.165) is 0 Å². The number of carbonyl (C=O) groups is 2. The molecule has 2 rings (SSSR count). The molecule has 128 valence electrons. The maximum atomic E-state index is 12.0. The Labute approximate surface area is 140 Å². The third kappa shape index (κ3) is 5.06. The molecular weight excluding hydrogens is 332 g/mol. The zero-order valence-electron chi connectivity index (χ0n) is 13.2. The normalized spacial score (nSPS) is 19.9. The quantitative estimate of drug-likeness (QED) is 0.800. The monoisotopic (exact) mass is 350 g/mol. The van der Waals surface area contributed by atoms with Crippen molar-refractivity contribution >= 4 is 27.4 Å². The summed E-state index contributed by atoms with van der Waals surface area (Å²) >= 11 is 0. The molecule has 1 aliphatic rings. The van der Waals surface area contributed by atoms with Gasteiger partial charge in [0.1, 0.15) is 0 Å². The molecule has 1 N–H and O–H groups in total. The van der Waals surface area contributed by atoms with Crippen LogP contribution in [0.25, 0.3) is 0 Å². The predicted molar refractivity (Wildman–Crippen MR) is 86.7 cm³/mol. The fraction of sp³-hybridized carbons (Fsp3) is 0.438. The highest BCUT2D eigenvalue weighted by molar-refractivity contribution is 7.91. The lowest BCUT2D eigenvalue weighted by atomic mass is 10.1. The van der Waals surface area contributed by atoms with E-state index >= 15 is 0 Å². The van der Waals surface area contributed by atoms with Crippen molar-refractivity contribution in [2.75, 3.05) is 16.8 Å². The van der Waals surface area contributed by atoms with Gasteiger partial charge < -0.3 is 10.1 Å². The summed E-state index contributed by atoms with van der Waals surface area (Å²) in [6, 6.07) is 8.25. The van der Waals surface area contributed by atoms with E-state index in [2.05, 4.69) is 5.32 Å². The number of esters is 1. The van der Waals surface area contributed by atoms with Crippen LogP contribution in [0.5, 0.6) is 0 Å². The molecule has 1 heterocycles. The first-order valence-corrected chi connectivity index (χ1v) is 9.32. The van der Waals surface area contributed by atoms with Crippen molar-refractivity contribution in [3.05, 3.63) is 29.8 Å². The molecule has 0 unspecified atom stereocenters. The third-order valence-corrected chi connectivity index (χ3v) is 5.58. The Morgan fingerprint density at radius 2 is 2.04 bits per heavy atom. The lowest BCUT2D eigenvalue weighted by Crippen LogP contribution is -2.30. The molecule has 1 saturated heterocycles. The largest absolute Gasteiger partial charge is 0.453 e. The number of benzene rings is 1. The smallest absolute Gasteiger partial charge is 0.306 e. The summed E-state index contributed by atoms with van der Waals surface area (Å²) in [6.07, 6.45) is -0.553. The Morgan fingerprint density at radius 1 is 1.38 bits per heavy atom. The second-order valence-electron chi connectivity index (χ2n) is 5.78. The second kappa shape index (κ2) is 7.45. The van der Waals surface area contributed by atoms with E-state index in [1.807, 2.05) is 6.07 Å². The van der Waals surface area contributed by atoms with Gasteiger partial charge in [-0.15, -0.1) is 0 Å². The number of nitrogens with zero attached hydrogens (tertiary/aromatic N) is 1. The Kier molecular flexibility index (Phi) is 5.57. The topological polar surface area (TPSA) is 113 Å². The number of nitrogens with one attached hydrogen (secondary N) is 1. The summed E-state index contributed by atoms with van der Waals surface area (Å²) in [5, 5.41) is 11.3. The number of hydrogen-bond acceptors (Lipinski definition) is 6. The highest BCUT2D eigenvalue weighted by atomic mass is 32.2. The van der Waals surface area contributed by atoms with Crippen LogP contribution < -0.4 is 5.32 Å². The maximum Gasteiger partial charge on any atom is 0.306 e. The second-order valence-corrected chi connectivity index (χ2v) is 8.01. The van der Waals surface area contributed by atoms with E-state index in [4.69, 9.17) is 10.00 Å². The first-order chi connectivity index (χ1) is 11.3. The van der Waals surface area contributed by atoms with E-state index in [9.17, 15) is 18.0 Å². The van der Waals surface area contributed by atoms with Crippen molar-refractivity contribution in [2.45, 2.75) is 25.9 Å². The molecule has 24 heavy (non-hydrogen) atoms. The lowest BCUT2D eigenvalue weighted by Gasteiger charge is -2.15. The van der Waals surface area contributed by atoms with Gasteiger partial charge in [-0.05, 0) is 43.5 Å². The highest BCUT2D eigenvalue weighted by Gasteiger charge is 2.30. The molecule has 8 heteroatoms. The van der Waals surface area contributed by atoms with E-state index < -0.39 is 27.8 Å². The minimum absolute atomic E-state index is 0.00603. The summed E-state index contributed by atoms with van der Waals surface area (Å²) in [4.78, 5) is 23.8. The SMILES string of the molecule is C[C@@H](OC(=O)C[C@@H]1CCS(=O)(=O)C1)C(=O)Nc1ccc(C#N)cc1. The number of amides is 1. The molecule has 7 nitrogen and oxygen atoms in total. The fourth-order valence-electron chi connectivity index (χ4n) is 2.44. The summed E-state index contributed by atoms with van der Waals surface area (Å²) in [5.74, 6) is -1.23. The molecule has 1 aliphatic heterocycles. The molecule has 0 saturated carbocycles. The molecule has 0 aromatic heterocycles. The van der Waals surface area contributed by atoms with Gasteiger partial charge in [-0.3, -0.25) is 9.59 Å². The van der Waals surface area contributed by atoms with Crippen LogP contribution in [-0.2, 0) is 24.2 Å². The summed E-state index contributed by atoms with van der Waals surface area (Å²) in [7, 11) is -3.04. The number of hydrogen-bond donors (Lipinski definition) is 1. The number of carbonyl (C=O) groups excluding carboxylic acids is 2. The molecule has 0 aliphatic carbocycles. The van der Waals surface area contributed by atoms with Crippen molar-refractivity contribution in [1.82, 2.24) is 0 Å². The van der Waals surface area contributed by atoms with Gasteiger partial charge in [0, 0.05) is 12.1 Å². The number of sulfone groups is 1. The van der Waals surface area contributed by atoms with E-state index in [0.29, 0.717) is 17.7 Å². The van der Waals surface area contributed by atoms with Crippen molar-refractivity contribution in [3.63, 3.8) is 0 Å². The maximum absolute atomic E-state index is 12.0. The molecule has 1 aromatic carbocycles. The molecule has 1 fully saturated rings. The van der Waals surface area contributed by atoms with Crippen LogP contribution in [0.4, 0.5) is 5.69 Å². The predicted octanol–water partition coefficient (Wildman–Crippen LogP) is 1.25. The summed E-state index contributed by atoms with van der Waals surface area (Å²) in [6.45, 7) is 1.45. The Hall–Kier alpha value is -2.40. The molecule has 1 aromatic rings. The van der Waals surface area contributed by atoms with Crippen molar-refractivity contribution < 1.29 is 22.7 Å². The fourth-order valence-corrected chi connectivity index (χ4v) is 4.30. The summed E-state index contributed by atoms with van der Waals surface area (Å²) < 4.78 is 27.8.